The first-order valence-corrected chi connectivity index (χ1v) is 44.1. The van der Waals surface area contributed by atoms with Gasteiger partial charge in [-0.2, -0.15) is 0 Å². The summed E-state index contributed by atoms with van der Waals surface area (Å²) in [5.74, 6) is -1.60. The van der Waals surface area contributed by atoms with Crippen molar-refractivity contribution < 1.29 is 75.8 Å². The summed E-state index contributed by atoms with van der Waals surface area (Å²) in [5, 5.41) is 20.7. The van der Waals surface area contributed by atoms with Gasteiger partial charge in [0, 0.05) is 19.3 Å². The molecule has 5 atom stereocenters. The Morgan fingerprint density at radius 3 is 0.810 bits per heavy atom. The number of carbonyl (C=O) groups is 3. The summed E-state index contributed by atoms with van der Waals surface area (Å²) in [5.41, 5.74) is 0. The van der Waals surface area contributed by atoms with E-state index >= 15 is 0 Å². The first kappa shape index (κ1) is 100. The molecule has 0 saturated heterocycles. The predicted octanol–water partition coefficient (Wildman–Crippen LogP) is 24.4. The van der Waals surface area contributed by atoms with Crippen molar-refractivity contribution in [2.75, 3.05) is 39.6 Å². The van der Waals surface area contributed by atoms with Crippen LogP contribution in [-0.2, 0) is 55.8 Å². The van der Waals surface area contributed by atoms with Gasteiger partial charge in [-0.3, -0.25) is 32.5 Å². The van der Waals surface area contributed by atoms with Crippen LogP contribution in [-0.4, -0.2) is 95.9 Å². The van der Waals surface area contributed by atoms with E-state index in [9.17, 15) is 43.5 Å². The summed E-state index contributed by atoms with van der Waals surface area (Å²) in [6.07, 6.45) is 97.5. The molecule has 16 nitrogen and oxygen atoms in total. The highest BCUT2D eigenvalue weighted by atomic mass is 31.2. The summed E-state index contributed by atoms with van der Waals surface area (Å²) in [4.78, 5) is 58.7. The first-order valence-electron chi connectivity index (χ1n) is 41.1. The highest BCUT2D eigenvalue weighted by Gasteiger charge is 2.29. The molecule has 602 valence electrons. The van der Waals surface area contributed by atoms with E-state index in [2.05, 4.69) is 167 Å². The number of ether oxygens (including phenoxy) is 3. The van der Waals surface area contributed by atoms with Gasteiger partial charge in [-0.15, -0.1) is 0 Å². The van der Waals surface area contributed by atoms with Crippen molar-refractivity contribution in [1.29, 1.82) is 0 Å². The van der Waals surface area contributed by atoms with Gasteiger partial charge in [-0.1, -0.05) is 314 Å². The van der Waals surface area contributed by atoms with Gasteiger partial charge in [-0.25, -0.2) is 9.13 Å². The number of phosphoric ester groups is 2. The number of hydrogen-bond acceptors (Lipinski definition) is 14. The number of hydrogen-bond donors (Lipinski definition) is 4. The molecule has 0 aliphatic rings. The summed E-state index contributed by atoms with van der Waals surface area (Å²) >= 11 is 0. The van der Waals surface area contributed by atoms with Gasteiger partial charge in [0.15, 0.2) is 6.10 Å². The number of rotatable bonds is 77. The fourth-order valence-electron chi connectivity index (χ4n) is 10.8. The molecule has 0 aliphatic carbocycles. The third-order valence-electron chi connectivity index (χ3n) is 17.0. The summed E-state index contributed by atoms with van der Waals surface area (Å²) < 4.78 is 61.2. The summed E-state index contributed by atoms with van der Waals surface area (Å²) in [7, 11) is -9.80. The average molecular weight is 1510 g/mol. The molecule has 18 heteroatoms. The lowest BCUT2D eigenvalue weighted by Gasteiger charge is -2.21. The predicted molar refractivity (Wildman–Crippen MR) is 436 cm³/mol. The lowest BCUT2D eigenvalue weighted by atomic mass is 10.0. The minimum atomic E-state index is -4.94. The molecule has 0 amide bonds. The maximum absolute atomic E-state index is 13.0. The molecular weight excluding hydrogens is 1360 g/mol. The van der Waals surface area contributed by atoms with E-state index in [1.54, 1.807) is 0 Å². The maximum Gasteiger partial charge on any atom is 0.472 e. The van der Waals surface area contributed by atoms with E-state index < -0.39 is 91.5 Å². The van der Waals surface area contributed by atoms with Crippen LogP contribution in [0.5, 0.6) is 0 Å². The number of unbranched alkanes of at least 4 members (excludes halogenated alkanes) is 30. The Morgan fingerprint density at radius 2 is 0.505 bits per heavy atom. The van der Waals surface area contributed by atoms with E-state index in [-0.39, 0.29) is 19.3 Å². The van der Waals surface area contributed by atoms with E-state index in [0.29, 0.717) is 19.3 Å². The first-order chi connectivity index (χ1) is 51.2. The summed E-state index contributed by atoms with van der Waals surface area (Å²) in [6, 6.07) is 0. The minimum Gasteiger partial charge on any atom is -0.463 e. The van der Waals surface area contributed by atoms with Gasteiger partial charge in [0.2, 0.25) is 0 Å². The van der Waals surface area contributed by atoms with E-state index in [0.717, 1.165) is 173 Å². The molecule has 0 radical (unpaired) electrons. The van der Waals surface area contributed by atoms with Crippen LogP contribution in [0.1, 0.15) is 329 Å². The van der Waals surface area contributed by atoms with Crippen molar-refractivity contribution >= 4 is 33.6 Å². The van der Waals surface area contributed by atoms with E-state index in [1.807, 2.05) is 0 Å². The zero-order chi connectivity index (χ0) is 76.6. The highest BCUT2D eigenvalue weighted by molar-refractivity contribution is 7.47. The third kappa shape index (κ3) is 80.3. The Labute approximate surface area is 638 Å². The highest BCUT2D eigenvalue weighted by Crippen LogP contribution is 2.45. The number of phosphoric acid groups is 2. The molecule has 0 aromatic carbocycles. The maximum atomic E-state index is 13.0. The van der Waals surface area contributed by atoms with Crippen LogP contribution in [0.2, 0.25) is 0 Å². The Bertz CT molecular complexity index is 2490. The van der Waals surface area contributed by atoms with Crippen molar-refractivity contribution in [2.24, 2.45) is 0 Å². The average Bonchev–Trinajstić information content (AvgIpc) is 1.01. The molecule has 5 unspecified atom stereocenters. The molecule has 0 aromatic rings. The Balaban J connectivity index is 4.56. The van der Waals surface area contributed by atoms with Crippen LogP contribution < -0.4 is 0 Å². The van der Waals surface area contributed by atoms with Crippen LogP contribution in [0.4, 0.5) is 0 Å². The monoisotopic (exact) mass is 1510 g/mol. The number of aliphatic hydroxyl groups is 2. The van der Waals surface area contributed by atoms with Gasteiger partial charge in [0.1, 0.15) is 25.4 Å². The molecule has 4 N–H and O–H groups in total. The van der Waals surface area contributed by atoms with Crippen LogP contribution >= 0.6 is 15.6 Å². The second kappa shape index (κ2) is 79.0. The Kier molecular flexibility index (Phi) is 75.6. The largest absolute Gasteiger partial charge is 0.472 e. The van der Waals surface area contributed by atoms with Crippen molar-refractivity contribution in [2.45, 2.75) is 347 Å². The van der Waals surface area contributed by atoms with Crippen molar-refractivity contribution in [3.8, 4) is 0 Å². The topological polar surface area (TPSA) is 231 Å². The second-order valence-electron chi connectivity index (χ2n) is 27.2. The van der Waals surface area contributed by atoms with Gasteiger partial charge in [0.25, 0.3) is 0 Å². The zero-order valence-electron chi connectivity index (χ0n) is 65.9. The van der Waals surface area contributed by atoms with Gasteiger partial charge < -0.3 is 34.2 Å². The van der Waals surface area contributed by atoms with E-state index in [4.69, 9.17) is 32.3 Å². The third-order valence-corrected chi connectivity index (χ3v) is 18.9. The lowest BCUT2D eigenvalue weighted by Crippen LogP contribution is -2.30. The Hall–Kier alpha value is -4.57. The number of aliphatic hydroxyl groups excluding tert-OH is 2. The van der Waals surface area contributed by atoms with Crippen molar-refractivity contribution in [1.82, 2.24) is 0 Å². The van der Waals surface area contributed by atoms with Gasteiger partial charge >= 0.3 is 33.6 Å². The molecule has 0 heterocycles. The quantitative estimate of drug-likeness (QED) is 0.0146. The Morgan fingerprint density at radius 1 is 0.276 bits per heavy atom. The number of esters is 3. The molecule has 0 rings (SSSR count). The van der Waals surface area contributed by atoms with Gasteiger partial charge in [0.05, 0.1) is 26.4 Å². The normalized spacial score (nSPS) is 14.7. The van der Waals surface area contributed by atoms with Crippen LogP contribution in [0.3, 0.4) is 0 Å². The molecule has 0 bridgehead atoms. The molecule has 105 heavy (non-hydrogen) atoms. The van der Waals surface area contributed by atoms with Crippen molar-refractivity contribution in [3.63, 3.8) is 0 Å². The zero-order valence-corrected chi connectivity index (χ0v) is 67.6. The molecule has 0 aliphatic heterocycles. The molecule has 0 spiro atoms. The summed E-state index contributed by atoms with van der Waals surface area (Å²) in [6.45, 7) is 2.44. The SMILES string of the molecule is CC/C=C\C/C=C\C/C=C\C/C=C\C/C=C\C/C=C\CCCCCCCCC(=O)OCC(COP(=O)(O)OCC(O)COP(=O)(O)OCC(O)COC(=O)CCCCCCCCCCCCCCC/C=C\C/C=C\C/C=C\C/C=C\C/C=C\CC)OC(=O)CCCCCCC/C=C\CCCCCCCC. The molecular formula is C87H148O16P2. The van der Waals surface area contributed by atoms with Crippen LogP contribution in [0, 0.1) is 0 Å². The molecule has 0 fully saturated rings. The smallest absolute Gasteiger partial charge is 0.463 e. The van der Waals surface area contributed by atoms with Crippen LogP contribution in [0.15, 0.2) is 146 Å². The second-order valence-corrected chi connectivity index (χ2v) is 30.1. The standard InChI is InChI=1S/C87H148O16P2/c1-4-7-10-13-16-19-22-25-28-30-32-34-36-38-39-40-41-43-45-46-48-50-53-55-58-61-64-67-70-73-85(90)97-76-82(88)77-99-104(93,94)100-78-83(89)79-101-105(95,96)102-81-84(103-87(92)75-72-69-66-63-60-57-52-27-24-21-18-15-12-9-6-3)80-98-86(91)74-71-68-65-62-59-56-54-51-49-47-44-42-37-35-33-31-29-26-23-20-17-14-11-8-5-2/h7-8,10-11,16-17,19-20,25-29,32-35,38-39,42,44,49,51-52,82-84,88-89H,4-6,9,12-15,18,21-24,30-31,36-37,40-41,43,45-48,50,53-81H2,1-3H3,(H,93,94)(H,95,96)/b10-7-,11-8-,19-16-,20-17-,28-25-,29-26-,34-32-,35-33-,39-38-,44-42-,51-49-,52-27-. The van der Waals surface area contributed by atoms with Crippen molar-refractivity contribution in [3.05, 3.63) is 146 Å². The lowest BCUT2D eigenvalue weighted by molar-refractivity contribution is -0.161. The fraction of sp³-hybridized carbons (Fsp3) is 0.690. The number of carbonyl (C=O) groups excluding carboxylic acids is 3. The van der Waals surface area contributed by atoms with Crippen LogP contribution in [0.25, 0.3) is 0 Å². The molecule has 0 aromatic heterocycles. The van der Waals surface area contributed by atoms with E-state index in [1.165, 1.54) is 96.3 Å². The molecule has 0 saturated carbocycles. The number of allylic oxidation sites excluding steroid dienone is 24. The fourth-order valence-corrected chi connectivity index (χ4v) is 12.4. The minimum absolute atomic E-state index is 0.0884. The van der Waals surface area contributed by atoms with Gasteiger partial charge in [-0.05, 0) is 141 Å².